The van der Waals surface area contributed by atoms with Gasteiger partial charge >= 0.3 is 11.9 Å². The van der Waals surface area contributed by atoms with Crippen LogP contribution in [0.5, 0.6) is 0 Å². The van der Waals surface area contributed by atoms with Gasteiger partial charge in [0.05, 0.1) is 6.61 Å². The van der Waals surface area contributed by atoms with Gasteiger partial charge in [0.15, 0.2) is 0 Å². The molecule has 0 aromatic heterocycles. The lowest BCUT2D eigenvalue weighted by atomic mass is 10.0. The summed E-state index contributed by atoms with van der Waals surface area (Å²) in [5, 5.41) is 8.53. The molecule has 0 heterocycles. The van der Waals surface area contributed by atoms with Crippen LogP contribution in [0.3, 0.4) is 0 Å². The van der Waals surface area contributed by atoms with E-state index in [2.05, 4.69) is 6.92 Å². The van der Waals surface area contributed by atoms with E-state index in [4.69, 9.17) is 9.84 Å². The van der Waals surface area contributed by atoms with Crippen LogP contribution < -0.4 is 0 Å². The number of hydrogen-bond donors (Lipinski definition) is 1. The van der Waals surface area contributed by atoms with Crippen molar-refractivity contribution in [2.45, 2.75) is 103 Å². The van der Waals surface area contributed by atoms with E-state index < -0.39 is 5.97 Å². The fraction of sp³-hybridized carbons (Fsp3) is 0.895. The smallest absolute Gasteiger partial charge is 0.305 e. The SMILES string of the molecule is CCCCOC(=O)CCCCCCCCCCCCCC(=O)O. The molecule has 0 aromatic rings. The highest BCUT2D eigenvalue weighted by Crippen LogP contribution is 2.12. The molecule has 0 rings (SSSR count). The summed E-state index contributed by atoms with van der Waals surface area (Å²) in [5.74, 6) is -0.722. The lowest BCUT2D eigenvalue weighted by molar-refractivity contribution is -0.144. The van der Waals surface area contributed by atoms with Gasteiger partial charge in [0, 0.05) is 12.8 Å². The average molecular weight is 328 g/mol. The van der Waals surface area contributed by atoms with Gasteiger partial charge in [-0.2, -0.15) is 0 Å². The van der Waals surface area contributed by atoms with Crippen LogP contribution >= 0.6 is 0 Å². The summed E-state index contributed by atoms with van der Waals surface area (Å²) in [5.41, 5.74) is 0. The third-order valence-corrected chi connectivity index (χ3v) is 4.03. The summed E-state index contributed by atoms with van der Waals surface area (Å²) in [6.07, 6.45) is 15.5. The maximum absolute atomic E-state index is 11.4. The molecule has 136 valence electrons. The van der Waals surface area contributed by atoms with E-state index in [1.54, 1.807) is 0 Å². The van der Waals surface area contributed by atoms with Crippen molar-refractivity contribution in [3.63, 3.8) is 0 Å². The van der Waals surface area contributed by atoms with Gasteiger partial charge in [-0.05, 0) is 19.3 Å². The Bertz CT molecular complexity index is 289. The molecule has 0 aromatic carbocycles. The standard InChI is InChI=1S/C19H36O4/c1-2-3-17-23-19(22)16-14-12-10-8-6-4-5-7-9-11-13-15-18(20)21/h2-17H2,1H3,(H,20,21). The number of esters is 1. The highest BCUT2D eigenvalue weighted by molar-refractivity contribution is 5.69. The van der Waals surface area contributed by atoms with Gasteiger partial charge < -0.3 is 9.84 Å². The summed E-state index contributed by atoms with van der Waals surface area (Å²) in [6.45, 7) is 2.67. The van der Waals surface area contributed by atoms with Crippen molar-refractivity contribution in [3.8, 4) is 0 Å². The first kappa shape index (κ1) is 21.9. The highest BCUT2D eigenvalue weighted by Gasteiger charge is 2.02. The molecule has 0 saturated heterocycles. The van der Waals surface area contributed by atoms with Crippen LogP contribution in [0.1, 0.15) is 103 Å². The molecule has 0 amide bonds. The Kier molecular flexibility index (Phi) is 16.5. The first-order chi connectivity index (χ1) is 11.2. The molecule has 0 fully saturated rings. The molecular formula is C19H36O4. The van der Waals surface area contributed by atoms with Crippen LogP contribution in [-0.4, -0.2) is 23.7 Å². The zero-order chi connectivity index (χ0) is 17.2. The second kappa shape index (κ2) is 17.3. The lowest BCUT2D eigenvalue weighted by Crippen LogP contribution is -2.05. The fourth-order valence-corrected chi connectivity index (χ4v) is 2.54. The first-order valence-corrected chi connectivity index (χ1v) is 9.54. The molecular weight excluding hydrogens is 292 g/mol. The topological polar surface area (TPSA) is 63.6 Å². The maximum atomic E-state index is 11.4. The van der Waals surface area contributed by atoms with Gasteiger partial charge in [-0.15, -0.1) is 0 Å². The van der Waals surface area contributed by atoms with E-state index >= 15 is 0 Å². The Hall–Kier alpha value is -1.06. The summed E-state index contributed by atoms with van der Waals surface area (Å²) < 4.78 is 5.12. The van der Waals surface area contributed by atoms with Crippen LogP contribution in [0.15, 0.2) is 0 Å². The molecule has 0 saturated carbocycles. The van der Waals surface area contributed by atoms with Gasteiger partial charge in [-0.3, -0.25) is 9.59 Å². The summed E-state index contributed by atoms with van der Waals surface area (Å²) >= 11 is 0. The van der Waals surface area contributed by atoms with Gasteiger partial charge in [0.25, 0.3) is 0 Å². The van der Waals surface area contributed by atoms with Crippen molar-refractivity contribution in [2.75, 3.05) is 6.61 Å². The first-order valence-electron chi connectivity index (χ1n) is 9.54. The Balaban J connectivity index is 3.10. The van der Waals surface area contributed by atoms with Gasteiger partial charge in [0.1, 0.15) is 0 Å². The number of ether oxygens (including phenoxy) is 1. The van der Waals surface area contributed by atoms with Crippen molar-refractivity contribution in [1.82, 2.24) is 0 Å². The monoisotopic (exact) mass is 328 g/mol. The maximum Gasteiger partial charge on any atom is 0.305 e. The van der Waals surface area contributed by atoms with E-state index in [9.17, 15) is 9.59 Å². The molecule has 0 bridgehead atoms. The molecule has 0 unspecified atom stereocenters. The highest BCUT2D eigenvalue weighted by atomic mass is 16.5. The Morgan fingerprint density at radius 1 is 0.696 bits per heavy atom. The van der Waals surface area contributed by atoms with Gasteiger partial charge in [-0.1, -0.05) is 71.1 Å². The molecule has 4 nitrogen and oxygen atoms in total. The predicted molar refractivity (Wildman–Crippen MR) is 93.5 cm³/mol. The zero-order valence-corrected chi connectivity index (χ0v) is 15.0. The normalized spacial score (nSPS) is 10.7. The molecule has 0 aliphatic carbocycles. The van der Waals surface area contributed by atoms with Crippen molar-refractivity contribution in [2.24, 2.45) is 0 Å². The van der Waals surface area contributed by atoms with Crippen LogP contribution in [0, 0.1) is 0 Å². The molecule has 0 atom stereocenters. The second-order valence-corrected chi connectivity index (χ2v) is 6.36. The number of carbonyl (C=O) groups is 2. The second-order valence-electron chi connectivity index (χ2n) is 6.36. The largest absolute Gasteiger partial charge is 0.481 e. The molecule has 23 heavy (non-hydrogen) atoms. The summed E-state index contributed by atoms with van der Waals surface area (Å²) in [7, 11) is 0. The van der Waals surface area contributed by atoms with Crippen LogP contribution in [0.2, 0.25) is 0 Å². The van der Waals surface area contributed by atoms with E-state index in [1.807, 2.05) is 0 Å². The van der Waals surface area contributed by atoms with E-state index in [0.29, 0.717) is 19.4 Å². The van der Waals surface area contributed by atoms with Crippen molar-refractivity contribution in [1.29, 1.82) is 0 Å². The van der Waals surface area contributed by atoms with Crippen molar-refractivity contribution < 1.29 is 19.4 Å². The number of hydrogen-bond acceptors (Lipinski definition) is 3. The van der Waals surface area contributed by atoms with E-state index in [0.717, 1.165) is 44.9 Å². The van der Waals surface area contributed by atoms with Crippen LogP contribution in [0.25, 0.3) is 0 Å². The summed E-state index contributed by atoms with van der Waals surface area (Å²) in [4.78, 5) is 21.7. The molecule has 0 radical (unpaired) electrons. The third-order valence-electron chi connectivity index (χ3n) is 4.03. The van der Waals surface area contributed by atoms with Crippen LogP contribution in [-0.2, 0) is 14.3 Å². The van der Waals surface area contributed by atoms with Crippen molar-refractivity contribution in [3.05, 3.63) is 0 Å². The Morgan fingerprint density at radius 2 is 1.13 bits per heavy atom. The number of carboxylic acids is 1. The Labute approximate surface area is 142 Å². The number of rotatable bonds is 17. The molecule has 0 spiro atoms. The summed E-state index contributed by atoms with van der Waals surface area (Å²) in [6, 6.07) is 0. The number of carboxylic acid groups (broad SMARTS) is 1. The van der Waals surface area contributed by atoms with E-state index in [-0.39, 0.29) is 5.97 Å². The molecule has 4 heteroatoms. The quantitative estimate of drug-likeness (QED) is 0.283. The van der Waals surface area contributed by atoms with Crippen LogP contribution in [0.4, 0.5) is 0 Å². The zero-order valence-electron chi connectivity index (χ0n) is 15.0. The average Bonchev–Trinajstić information content (AvgIpc) is 2.51. The molecule has 0 aliphatic rings. The van der Waals surface area contributed by atoms with Crippen molar-refractivity contribution >= 4 is 11.9 Å². The minimum absolute atomic E-state index is 0.0404. The Morgan fingerprint density at radius 3 is 1.57 bits per heavy atom. The molecule has 1 N–H and O–H groups in total. The predicted octanol–water partition coefficient (Wildman–Crippen LogP) is 5.49. The lowest BCUT2D eigenvalue weighted by Gasteiger charge is -2.04. The minimum atomic E-state index is -0.681. The van der Waals surface area contributed by atoms with Gasteiger partial charge in [-0.25, -0.2) is 0 Å². The number of aliphatic carboxylic acids is 1. The van der Waals surface area contributed by atoms with Gasteiger partial charge in [0.2, 0.25) is 0 Å². The number of unbranched alkanes of at least 4 members (excludes halogenated alkanes) is 11. The fourth-order valence-electron chi connectivity index (χ4n) is 2.54. The third kappa shape index (κ3) is 18.9. The number of carbonyl (C=O) groups excluding carboxylic acids is 1. The minimum Gasteiger partial charge on any atom is -0.481 e. The van der Waals surface area contributed by atoms with E-state index in [1.165, 1.54) is 38.5 Å². The molecule has 0 aliphatic heterocycles.